The highest BCUT2D eigenvalue weighted by molar-refractivity contribution is 6.15. The average Bonchev–Trinajstić information content (AvgIpc) is 2.58. The van der Waals surface area contributed by atoms with Crippen LogP contribution in [0.1, 0.15) is 26.3 Å². The summed E-state index contributed by atoms with van der Waals surface area (Å²) >= 11 is 0. The van der Waals surface area contributed by atoms with Gasteiger partial charge in [-0.3, -0.25) is 4.79 Å². The van der Waals surface area contributed by atoms with Gasteiger partial charge in [0.1, 0.15) is 0 Å². The van der Waals surface area contributed by atoms with E-state index in [2.05, 4.69) is 18.9 Å². The van der Waals surface area contributed by atoms with Gasteiger partial charge in [0.15, 0.2) is 0 Å². The first-order chi connectivity index (χ1) is 8.09. The molecule has 1 aliphatic heterocycles. The Balaban J connectivity index is 2.26. The van der Waals surface area contributed by atoms with Gasteiger partial charge in [0, 0.05) is 6.54 Å². The number of nitrogens with zero attached hydrogens (tertiary/aromatic N) is 2. The summed E-state index contributed by atoms with van der Waals surface area (Å²) in [6.07, 6.45) is 0. The fourth-order valence-corrected chi connectivity index (χ4v) is 2.00. The van der Waals surface area contributed by atoms with E-state index in [0.29, 0.717) is 12.5 Å². The molecule has 0 N–H and O–H groups in total. The van der Waals surface area contributed by atoms with Gasteiger partial charge in [-0.05, 0) is 18.4 Å². The van der Waals surface area contributed by atoms with Crippen molar-refractivity contribution in [3.8, 4) is 0 Å². The summed E-state index contributed by atoms with van der Waals surface area (Å²) in [4.78, 5) is 12.0. The van der Waals surface area contributed by atoms with Crippen molar-refractivity contribution in [2.24, 2.45) is 16.9 Å². The number of hydrogen-bond acceptors (Lipinski definition) is 2. The molecule has 1 amide bonds. The van der Waals surface area contributed by atoms with E-state index in [1.807, 2.05) is 37.3 Å². The molecule has 1 unspecified atom stereocenters. The molecule has 0 radical (unpaired) electrons. The molecule has 0 aliphatic carbocycles. The molecule has 1 aromatic rings. The standard InChI is InChI=1S/C14H18N2O/c1-10(2)9-16-14(17)11(3)13(15-16)12-7-5-4-6-8-12/h4-8,10-11H,9H2,1-3H3. The molecule has 90 valence electrons. The minimum absolute atomic E-state index is 0.109. The third kappa shape index (κ3) is 2.38. The Kier molecular flexibility index (Phi) is 3.27. The normalized spacial score (nSPS) is 20.0. The van der Waals surface area contributed by atoms with E-state index in [1.165, 1.54) is 0 Å². The van der Waals surface area contributed by atoms with Gasteiger partial charge in [-0.25, -0.2) is 5.01 Å². The van der Waals surface area contributed by atoms with Crippen molar-refractivity contribution in [1.82, 2.24) is 5.01 Å². The van der Waals surface area contributed by atoms with Crippen LogP contribution in [0.15, 0.2) is 35.4 Å². The molecule has 2 rings (SSSR count). The molecule has 1 aromatic carbocycles. The molecule has 0 saturated carbocycles. The van der Waals surface area contributed by atoms with Crippen LogP contribution in [0, 0.1) is 11.8 Å². The van der Waals surface area contributed by atoms with Crippen LogP contribution < -0.4 is 0 Å². The second kappa shape index (κ2) is 4.70. The lowest BCUT2D eigenvalue weighted by atomic mass is 9.99. The van der Waals surface area contributed by atoms with E-state index in [4.69, 9.17) is 0 Å². The van der Waals surface area contributed by atoms with Crippen molar-refractivity contribution >= 4 is 11.6 Å². The number of amides is 1. The lowest BCUT2D eigenvalue weighted by Gasteiger charge is -2.14. The molecule has 0 bridgehead atoms. The zero-order valence-electron chi connectivity index (χ0n) is 10.6. The molecule has 0 saturated heterocycles. The molecule has 3 heteroatoms. The fourth-order valence-electron chi connectivity index (χ4n) is 2.00. The van der Waals surface area contributed by atoms with E-state index >= 15 is 0 Å². The Bertz CT molecular complexity index is 437. The van der Waals surface area contributed by atoms with E-state index < -0.39 is 0 Å². The summed E-state index contributed by atoms with van der Waals surface area (Å²) in [5.41, 5.74) is 1.93. The maximum atomic E-state index is 12.0. The third-order valence-corrected chi connectivity index (χ3v) is 2.87. The van der Waals surface area contributed by atoms with Crippen molar-refractivity contribution in [2.45, 2.75) is 20.8 Å². The smallest absolute Gasteiger partial charge is 0.251 e. The molecule has 0 aromatic heterocycles. The summed E-state index contributed by atoms with van der Waals surface area (Å²) in [6.45, 7) is 6.80. The zero-order chi connectivity index (χ0) is 12.4. The second-order valence-corrected chi connectivity index (χ2v) is 4.89. The Morgan fingerprint density at radius 2 is 1.94 bits per heavy atom. The highest BCUT2D eigenvalue weighted by Crippen LogP contribution is 2.21. The van der Waals surface area contributed by atoms with E-state index in [0.717, 1.165) is 11.3 Å². The lowest BCUT2D eigenvalue weighted by molar-refractivity contribution is -0.131. The highest BCUT2D eigenvalue weighted by Gasteiger charge is 2.32. The third-order valence-electron chi connectivity index (χ3n) is 2.87. The Morgan fingerprint density at radius 3 is 2.53 bits per heavy atom. The second-order valence-electron chi connectivity index (χ2n) is 4.89. The maximum absolute atomic E-state index is 12.0. The molecule has 3 nitrogen and oxygen atoms in total. The summed E-state index contributed by atoms with van der Waals surface area (Å²) in [5, 5.41) is 6.07. The van der Waals surface area contributed by atoms with Crippen LogP contribution in [0.4, 0.5) is 0 Å². The lowest BCUT2D eigenvalue weighted by Crippen LogP contribution is -2.29. The minimum atomic E-state index is -0.129. The summed E-state index contributed by atoms with van der Waals surface area (Å²) in [5.74, 6) is 0.415. The quantitative estimate of drug-likeness (QED) is 0.785. The molecular formula is C14H18N2O. The van der Waals surface area contributed by atoms with Gasteiger partial charge >= 0.3 is 0 Å². The molecule has 0 spiro atoms. The van der Waals surface area contributed by atoms with Crippen molar-refractivity contribution < 1.29 is 4.79 Å². The van der Waals surface area contributed by atoms with Gasteiger partial charge in [0.25, 0.3) is 5.91 Å². The van der Waals surface area contributed by atoms with Gasteiger partial charge in [0.05, 0.1) is 11.6 Å². The first-order valence-electron chi connectivity index (χ1n) is 6.05. The first kappa shape index (κ1) is 11.8. The Hall–Kier alpha value is -1.64. The predicted molar refractivity (Wildman–Crippen MR) is 68.7 cm³/mol. The first-order valence-corrected chi connectivity index (χ1v) is 6.05. The van der Waals surface area contributed by atoms with Gasteiger partial charge < -0.3 is 0 Å². The Morgan fingerprint density at radius 1 is 1.29 bits per heavy atom. The van der Waals surface area contributed by atoms with Crippen molar-refractivity contribution in [3.63, 3.8) is 0 Å². The van der Waals surface area contributed by atoms with Crippen LogP contribution >= 0.6 is 0 Å². The van der Waals surface area contributed by atoms with Gasteiger partial charge in [0.2, 0.25) is 0 Å². The van der Waals surface area contributed by atoms with E-state index in [-0.39, 0.29) is 11.8 Å². The number of hydrogen-bond donors (Lipinski definition) is 0. The molecule has 17 heavy (non-hydrogen) atoms. The Labute approximate surface area is 102 Å². The van der Waals surface area contributed by atoms with Crippen LogP contribution in [0.5, 0.6) is 0 Å². The van der Waals surface area contributed by atoms with Gasteiger partial charge in [-0.1, -0.05) is 44.2 Å². The van der Waals surface area contributed by atoms with Gasteiger partial charge in [-0.2, -0.15) is 5.10 Å². The van der Waals surface area contributed by atoms with Crippen molar-refractivity contribution in [3.05, 3.63) is 35.9 Å². The predicted octanol–water partition coefficient (Wildman–Crippen LogP) is 2.53. The molecule has 1 aliphatic rings. The number of carbonyl (C=O) groups is 1. The highest BCUT2D eigenvalue weighted by atomic mass is 16.2. The van der Waals surface area contributed by atoms with Crippen molar-refractivity contribution in [2.75, 3.05) is 6.54 Å². The van der Waals surface area contributed by atoms with E-state index in [9.17, 15) is 4.79 Å². The average molecular weight is 230 g/mol. The van der Waals surface area contributed by atoms with Crippen LogP contribution in [0.3, 0.4) is 0 Å². The molecular weight excluding hydrogens is 212 g/mol. The topological polar surface area (TPSA) is 32.7 Å². The van der Waals surface area contributed by atoms with Crippen molar-refractivity contribution in [1.29, 1.82) is 0 Å². The van der Waals surface area contributed by atoms with Gasteiger partial charge in [-0.15, -0.1) is 0 Å². The molecule has 0 fully saturated rings. The van der Waals surface area contributed by atoms with Crippen LogP contribution in [0.2, 0.25) is 0 Å². The molecule has 1 atom stereocenters. The number of benzene rings is 1. The SMILES string of the molecule is CC(C)CN1N=C(c2ccccc2)C(C)C1=O. The van der Waals surface area contributed by atoms with Crippen LogP contribution in [-0.2, 0) is 4.79 Å². The number of carbonyl (C=O) groups excluding carboxylic acids is 1. The molecule has 1 heterocycles. The fraction of sp³-hybridized carbons (Fsp3) is 0.429. The van der Waals surface area contributed by atoms with E-state index in [1.54, 1.807) is 5.01 Å². The summed E-state index contributed by atoms with van der Waals surface area (Å²) < 4.78 is 0. The largest absolute Gasteiger partial charge is 0.272 e. The minimum Gasteiger partial charge on any atom is -0.272 e. The zero-order valence-corrected chi connectivity index (χ0v) is 10.6. The number of rotatable bonds is 3. The van der Waals surface area contributed by atoms with Crippen LogP contribution in [0.25, 0.3) is 0 Å². The van der Waals surface area contributed by atoms with Crippen LogP contribution in [-0.4, -0.2) is 23.2 Å². The number of hydrazone groups is 1. The maximum Gasteiger partial charge on any atom is 0.251 e. The summed E-state index contributed by atoms with van der Waals surface area (Å²) in [6, 6.07) is 9.92. The monoisotopic (exact) mass is 230 g/mol. The summed E-state index contributed by atoms with van der Waals surface area (Å²) in [7, 11) is 0.